The van der Waals surface area contributed by atoms with Crippen LogP contribution in [0.4, 0.5) is 4.39 Å². The second-order valence-electron chi connectivity index (χ2n) is 6.51. The quantitative estimate of drug-likeness (QED) is 0.589. The maximum atomic E-state index is 13.1. The van der Waals surface area contributed by atoms with Crippen LogP contribution in [0.5, 0.6) is 0 Å². The Balaban J connectivity index is 1.72. The summed E-state index contributed by atoms with van der Waals surface area (Å²) in [4.78, 5) is 24.5. The molecule has 0 radical (unpaired) electrons. The molecule has 1 unspecified atom stereocenters. The van der Waals surface area contributed by atoms with Gasteiger partial charge in [-0.15, -0.1) is 0 Å². The number of halogens is 1. The van der Waals surface area contributed by atoms with E-state index in [1.54, 1.807) is 12.1 Å². The molecule has 5 nitrogen and oxygen atoms in total. The molecule has 4 N–H and O–H groups in total. The van der Waals surface area contributed by atoms with Gasteiger partial charge in [0.2, 0.25) is 11.8 Å². The van der Waals surface area contributed by atoms with E-state index in [1.807, 2.05) is 42.5 Å². The normalized spacial score (nSPS) is 11.8. The van der Waals surface area contributed by atoms with Gasteiger partial charge in [-0.2, -0.15) is 0 Å². The SMILES string of the molecule is NCC(=O)NC(Cc1ccc(F)cc1)C(=O)NCc1cccc2ccccc12. The predicted molar refractivity (Wildman–Crippen MR) is 107 cm³/mol. The molecule has 144 valence electrons. The van der Waals surface area contributed by atoms with Gasteiger partial charge < -0.3 is 16.4 Å². The average Bonchev–Trinajstić information content (AvgIpc) is 2.72. The standard InChI is InChI=1S/C22H22FN3O2/c23-18-10-8-15(9-11-18)12-20(26-21(27)13-24)22(28)25-14-17-6-3-5-16-4-1-2-7-19(16)17/h1-11,20H,12-14,24H2,(H,25,28)(H,26,27). The van der Waals surface area contributed by atoms with E-state index in [-0.39, 0.29) is 24.7 Å². The van der Waals surface area contributed by atoms with Crippen LogP contribution in [0.2, 0.25) is 0 Å². The molecular formula is C22H22FN3O2. The van der Waals surface area contributed by atoms with Crippen LogP contribution in [0.25, 0.3) is 10.8 Å². The van der Waals surface area contributed by atoms with E-state index in [9.17, 15) is 14.0 Å². The van der Waals surface area contributed by atoms with Crippen molar-refractivity contribution in [1.82, 2.24) is 10.6 Å². The van der Waals surface area contributed by atoms with Gasteiger partial charge in [-0.3, -0.25) is 9.59 Å². The molecule has 0 aliphatic carbocycles. The highest BCUT2D eigenvalue weighted by molar-refractivity contribution is 5.89. The topological polar surface area (TPSA) is 84.2 Å². The predicted octanol–water partition coefficient (Wildman–Crippen LogP) is 2.28. The number of carbonyl (C=O) groups excluding carboxylic acids is 2. The summed E-state index contributed by atoms with van der Waals surface area (Å²) in [5, 5.41) is 7.67. The fourth-order valence-corrected chi connectivity index (χ4v) is 3.07. The third-order valence-corrected chi connectivity index (χ3v) is 4.52. The van der Waals surface area contributed by atoms with E-state index in [0.29, 0.717) is 6.54 Å². The van der Waals surface area contributed by atoms with Crippen molar-refractivity contribution in [3.63, 3.8) is 0 Å². The lowest BCUT2D eigenvalue weighted by molar-refractivity contribution is -0.128. The molecule has 0 heterocycles. The van der Waals surface area contributed by atoms with Gasteiger partial charge in [0.1, 0.15) is 11.9 Å². The van der Waals surface area contributed by atoms with Gasteiger partial charge in [0.05, 0.1) is 6.54 Å². The third-order valence-electron chi connectivity index (χ3n) is 4.52. The molecule has 0 bridgehead atoms. The number of benzene rings is 3. The fourth-order valence-electron chi connectivity index (χ4n) is 3.07. The van der Waals surface area contributed by atoms with Crippen LogP contribution in [0.3, 0.4) is 0 Å². The maximum absolute atomic E-state index is 13.1. The molecular weight excluding hydrogens is 357 g/mol. The van der Waals surface area contributed by atoms with Crippen LogP contribution in [0, 0.1) is 5.82 Å². The van der Waals surface area contributed by atoms with Crippen molar-refractivity contribution in [3.05, 3.63) is 83.7 Å². The van der Waals surface area contributed by atoms with Crippen LogP contribution in [-0.4, -0.2) is 24.4 Å². The fraction of sp³-hybridized carbons (Fsp3) is 0.182. The minimum absolute atomic E-state index is 0.212. The highest BCUT2D eigenvalue weighted by Crippen LogP contribution is 2.18. The van der Waals surface area contributed by atoms with Crippen molar-refractivity contribution in [3.8, 4) is 0 Å². The summed E-state index contributed by atoms with van der Waals surface area (Å²) in [6, 6.07) is 18.9. The molecule has 0 aliphatic heterocycles. The Morgan fingerprint density at radius 2 is 1.68 bits per heavy atom. The second kappa shape index (κ2) is 9.10. The summed E-state index contributed by atoms with van der Waals surface area (Å²) in [6.07, 6.45) is 0.243. The lowest BCUT2D eigenvalue weighted by atomic mass is 10.0. The summed E-state index contributed by atoms with van der Waals surface area (Å²) in [5.41, 5.74) is 7.09. The van der Waals surface area contributed by atoms with Crippen LogP contribution < -0.4 is 16.4 Å². The maximum Gasteiger partial charge on any atom is 0.243 e. The van der Waals surface area contributed by atoms with Crippen molar-refractivity contribution in [2.75, 3.05) is 6.54 Å². The number of hydrogen-bond acceptors (Lipinski definition) is 3. The minimum atomic E-state index is -0.795. The Labute approximate surface area is 162 Å². The number of amides is 2. The molecule has 28 heavy (non-hydrogen) atoms. The van der Waals surface area contributed by atoms with E-state index >= 15 is 0 Å². The Morgan fingerprint density at radius 1 is 0.964 bits per heavy atom. The number of rotatable bonds is 7. The molecule has 0 saturated heterocycles. The molecule has 6 heteroatoms. The first-order valence-electron chi connectivity index (χ1n) is 9.05. The summed E-state index contributed by atoms with van der Waals surface area (Å²) in [7, 11) is 0. The largest absolute Gasteiger partial charge is 0.350 e. The zero-order chi connectivity index (χ0) is 19.9. The first-order chi connectivity index (χ1) is 13.6. The van der Waals surface area contributed by atoms with Crippen molar-refractivity contribution in [1.29, 1.82) is 0 Å². The van der Waals surface area contributed by atoms with Crippen LogP contribution >= 0.6 is 0 Å². The van der Waals surface area contributed by atoms with Crippen LogP contribution in [0.1, 0.15) is 11.1 Å². The molecule has 3 aromatic carbocycles. The highest BCUT2D eigenvalue weighted by Gasteiger charge is 2.21. The number of nitrogens with two attached hydrogens (primary N) is 1. The van der Waals surface area contributed by atoms with E-state index in [4.69, 9.17) is 5.73 Å². The molecule has 1 atom stereocenters. The molecule has 0 saturated carbocycles. The number of fused-ring (bicyclic) bond motifs is 1. The highest BCUT2D eigenvalue weighted by atomic mass is 19.1. The van der Waals surface area contributed by atoms with Crippen molar-refractivity contribution in [2.45, 2.75) is 19.0 Å². The smallest absolute Gasteiger partial charge is 0.243 e. The Hall–Kier alpha value is -3.25. The van der Waals surface area contributed by atoms with Gasteiger partial charge in [-0.05, 0) is 34.0 Å². The van der Waals surface area contributed by atoms with Crippen molar-refractivity contribution >= 4 is 22.6 Å². The Bertz CT molecular complexity index is 968. The van der Waals surface area contributed by atoms with Crippen molar-refractivity contribution in [2.24, 2.45) is 5.73 Å². The first kappa shape index (κ1) is 19.5. The van der Waals surface area contributed by atoms with Gasteiger partial charge in [0.25, 0.3) is 0 Å². The summed E-state index contributed by atoms with van der Waals surface area (Å²) in [6.45, 7) is 0.120. The van der Waals surface area contributed by atoms with Gasteiger partial charge in [0, 0.05) is 13.0 Å². The third kappa shape index (κ3) is 4.92. The van der Waals surface area contributed by atoms with Gasteiger partial charge >= 0.3 is 0 Å². The molecule has 0 fully saturated rings. The van der Waals surface area contributed by atoms with Gasteiger partial charge in [0.15, 0.2) is 0 Å². The summed E-state index contributed by atoms with van der Waals surface area (Å²) >= 11 is 0. The summed E-state index contributed by atoms with van der Waals surface area (Å²) < 4.78 is 13.1. The molecule has 2 amide bonds. The zero-order valence-electron chi connectivity index (χ0n) is 15.3. The summed E-state index contributed by atoms with van der Waals surface area (Å²) in [5.74, 6) is -1.10. The van der Waals surface area contributed by atoms with Crippen molar-refractivity contribution < 1.29 is 14.0 Å². The number of hydrogen-bond donors (Lipinski definition) is 3. The van der Waals surface area contributed by atoms with E-state index in [2.05, 4.69) is 10.6 Å². The minimum Gasteiger partial charge on any atom is -0.350 e. The van der Waals surface area contributed by atoms with E-state index in [0.717, 1.165) is 21.9 Å². The van der Waals surface area contributed by atoms with E-state index in [1.165, 1.54) is 12.1 Å². The molecule has 0 aromatic heterocycles. The zero-order valence-corrected chi connectivity index (χ0v) is 15.3. The average molecular weight is 379 g/mol. The molecule has 0 spiro atoms. The number of nitrogens with one attached hydrogen (secondary N) is 2. The Kier molecular flexibility index (Phi) is 6.34. The van der Waals surface area contributed by atoms with Crippen LogP contribution in [0.15, 0.2) is 66.7 Å². The second-order valence-corrected chi connectivity index (χ2v) is 6.51. The lowest BCUT2D eigenvalue weighted by Crippen LogP contribution is -2.49. The lowest BCUT2D eigenvalue weighted by Gasteiger charge is -2.19. The van der Waals surface area contributed by atoms with Gasteiger partial charge in [-0.1, -0.05) is 54.6 Å². The number of carbonyl (C=O) groups is 2. The monoisotopic (exact) mass is 379 g/mol. The molecule has 3 rings (SSSR count). The van der Waals surface area contributed by atoms with Crippen LogP contribution in [-0.2, 0) is 22.6 Å². The van der Waals surface area contributed by atoms with E-state index < -0.39 is 11.9 Å². The van der Waals surface area contributed by atoms with Gasteiger partial charge in [-0.25, -0.2) is 4.39 Å². The Morgan fingerprint density at radius 3 is 2.43 bits per heavy atom. The molecule has 0 aliphatic rings. The molecule has 3 aromatic rings. The first-order valence-corrected chi connectivity index (χ1v) is 9.05.